The zero-order valence-electron chi connectivity index (χ0n) is 10.1. The Morgan fingerprint density at radius 2 is 2.06 bits per heavy atom. The molecule has 0 radical (unpaired) electrons. The molecule has 0 amide bonds. The first kappa shape index (κ1) is 15.7. The maximum Gasteiger partial charge on any atom is 0.402 e. The summed E-state index contributed by atoms with van der Waals surface area (Å²) in [6.07, 6.45) is -2.52. The summed E-state index contributed by atoms with van der Waals surface area (Å²) >= 11 is 0. The van der Waals surface area contributed by atoms with Crippen molar-refractivity contribution < 1.29 is 21.6 Å². The number of nitrogens with zero attached hydrogens (tertiary/aromatic N) is 1. The monoisotopic (exact) mass is 289 g/mol. The molecule has 1 rings (SSSR count). The topological polar surface area (TPSA) is 75.4 Å². The zero-order valence-corrected chi connectivity index (χ0v) is 10.9. The lowest BCUT2D eigenvalue weighted by atomic mass is 10.00. The number of nitrogens with two attached hydrogens (primary N) is 1. The Hall–Kier alpha value is -0.380. The predicted octanol–water partition coefficient (Wildman–Crippen LogP) is 0.585. The first-order chi connectivity index (χ1) is 8.13. The van der Waals surface area contributed by atoms with E-state index >= 15 is 0 Å². The molecule has 0 spiro atoms. The fraction of sp³-hybridized carbons (Fsp3) is 1.00. The lowest BCUT2D eigenvalue weighted by Crippen LogP contribution is -2.55. The number of piperidine rings is 1. The third-order valence-electron chi connectivity index (χ3n) is 2.87. The van der Waals surface area contributed by atoms with Gasteiger partial charge in [0.25, 0.3) is 10.2 Å². The fourth-order valence-corrected chi connectivity index (χ4v) is 3.55. The van der Waals surface area contributed by atoms with E-state index in [1.807, 2.05) is 0 Å². The Balaban J connectivity index is 2.75. The molecule has 3 N–H and O–H groups in total. The van der Waals surface area contributed by atoms with Gasteiger partial charge in [0.1, 0.15) is 6.54 Å². The molecule has 1 aliphatic heterocycles. The zero-order chi connectivity index (χ0) is 14.0. The Morgan fingerprint density at radius 1 is 1.44 bits per heavy atom. The lowest BCUT2D eigenvalue weighted by Gasteiger charge is -2.36. The van der Waals surface area contributed by atoms with Crippen molar-refractivity contribution in [2.45, 2.75) is 44.4 Å². The highest BCUT2D eigenvalue weighted by atomic mass is 32.2. The van der Waals surface area contributed by atoms with Gasteiger partial charge in [-0.05, 0) is 19.8 Å². The highest BCUT2D eigenvalue weighted by Gasteiger charge is 2.37. The molecular formula is C9H18F3N3O2S. The van der Waals surface area contributed by atoms with E-state index in [4.69, 9.17) is 5.73 Å². The van der Waals surface area contributed by atoms with Gasteiger partial charge in [0.15, 0.2) is 0 Å². The normalized spacial score (nSPS) is 25.1. The van der Waals surface area contributed by atoms with E-state index in [0.29, 0.717) is 12.8 Å². The highest BCUT2D eigenvalue weighted by Crippen LogP contribution is 2.22. The van der Waals surface area contributed by atoms with Crippen LogP contribution in [-0.2, 0) is 10.2 Å². The van der Waals surface area contributed by atoms with Gasteiger partial charge in [-0.1, -0.05) is 6.42 Å². The Morgan fingerprint density at radius 3 is 2.56 bits per heavy atom. The third kappa shape index (κ3) is 4.38. The van der Waals surface area contributed by atoms with E-state index in [9.17, 15) is 21.6 Å². The summed E-state index contributed by atoms with van der Waals surface area (Å²) < 4.78 is 62.3. The number of hydrogen-bond acceptors (Lipinski definition) is 3. The summed E-state index contributed by atoms with van der Waals surface area (Å²) in [4.78, 5) is 0. The van der Waals surface area contributed by atoms with Crippen LogP contribution in [-0.4, -0.2) is 44.1 Å². The van der Waals surface area contributed by atoms with Gasteiger partial charge < -0.3 is 5.73 Å². The summed E-state index contributed by atoms with van der Waals surface area (Å²) in [5, 5.41) is 0. The van der Waals surface area contributed by atoms with Gasteiger partial charge >= 0.3 is 6.18 Å². The smallest absolute Gasteiger partial charge is 0.326 e. The third-order valence-corrected chi connectivity index (χ3v) is 4.45. The van der Waals surface area contributed by atoms with Gasteiger partial charge in [-0.25, -0.2) is 0 Å². The quantitative estimate of drug-likeness (QED) is 0.795. The first-order valence-corrected chi connectivity index (χ1v) is 7.16. The second-order valence-corrected chi connectivity index (χ2v) is 6.18. The maximum atomic E-state index is 12.0. The number of halogens is 3. The van der Waals surface area contributed by atoms with E-state index in [-0.39, 0.29) is 6.54 Å². The van der Waals surface area contributed by atoms with Crippen molar-refractivity contribution in [3.63, 3.8) is 0 Å². The second-order valence-electron chi connectivity index (χ2n) is 4.47. The minimum absolute atomic E-state index is 0.208. The Labute approximate surface area is 105 Å². The molecule has 0 saturated carbocycles. The van der Waals surface area contributed by atoms with Crippen LogP contribution in [0.2, 0.25) is 0 Å². The highest BCUT2D eigenvalue weighted by molar-refractivity contribution is 7.87. The minimum Gasteiger partial charge on any atom is -0.326 e. The van der Waals surface area contributed by atoms with Crippen LogP contribution >= 0.6 is 0 Å². The molecule has 1 fully saturated rings. The minimum atomic E-state index is -4.56. The molecule has 9 heteroatoms. The molecular weight excluding hydrogens is 271 g/mol. The van der Waals surface area contributed by atoms with Gasteiger partial charge in [0.2, 0.25) is 0 Å². The number of rotatable bonds is 4. The molecule has 0 aromatic rings. The second kappa shape index (κ2) is 5.72. The van der Waals surface area contributed by atoms with Crippen LogP contribution in [0.4, 0.5) is 13.2 Å². The summed E-state index contributed by atoms with van der Waals surface area (Å²) in [5.74, 6) is 0. The van der Waals surface area contributed by atoms with Gasteiger partial charge in [-0.3, -0.25) is 0 Å². The molecule has 2 unspecified atom stereocenters. The van der Waals surface area contributed by atoms with Crippen LogP contribution < -0.4 is 10.5 Å². The van der Waals surface area contributed by atoms with E-state index in [0.717, 1.165) is 10.7 Å². The van der Waals surface area contributed by atoms with Gasteiger partial charge in [0, 0.05) is 18.6 Å². The standard InChI is InChI=1S/C9H18F3N3O2S/c1-7(13)8-4-2-3-5-15(8)18(16,17)14-6-9(10,11)12/h7-8,14H,2-6,13H2,1H3. The predicted molar refractivity (Wildman–Crippen MR) is 61.0 cm³/mol. The molecule has 0 aromatic carbocycles. The van der Waals surface area contributed by atoms with Crippen LogP contribution in [0.1, 0.15) is 26.2 Å². The van der Waals surface area contributed by atoms with Crippen molar-refractivity contribution in [1.82, 2.24) is 9.03 Å². The van der Waals surface area contributed by atoms with Crippen LogP contribution in [0.25, 0.3) is 0 Å². The molecule has 108 valence electrons. The van der Waals surface area contributed by atoms with Gasteiger partial charge in [-0.2, -0.15) is 30.6 Å². The largest absolute Gasteiger partial charge is 0.402 e. The van der Waals surface area contributed by atoms with Crippen molar-refractivity contribution in [1.29, 1.82) is 0 Å². The van der Waals surface area contributed by atoms with E-state index in [1.165, 1.54) is 0 Å². The average molecular weight is 289 g/mol. The van der Waals surface area contributed by atoms with Crippen LogP contribution in [0.15, 0.2) is 0 Å². The first-order valence-electron chi connectivity index (χ1n) is 5.72. The molecule has 0 aliphatic carbocycles. The van der Waals surface area contributed by atoms with Crippen LogP contribution in [0, 0.1) is 0 Å². The maximum absolute atomic E-state index is 12.0. The summed E-state index contributed by atoms with van der Waals surface area (Å²) in [6.45, 7) is 0.305. The molecule has 0 aromatic heterocycles. The molecule has 0 bridgehead atoms. The Bertz CT molecular complexity index is 370. The van der Waals surface area contributed by atoms with E-state index in [1.54, 1.807) is 11.6 Å². The van der Waals surface area contributed by atoms with Crippen LogP contribution in [0.3, 0.4) is 0 Å². The molecule has 18 heavy (non-hydrogen) atoms. The summed E-state index contributed by atoms with van der Waals surface area (Å²) in [7, 11) is -4.13. The average Bonchev–Trinajstić information content (AvgIpc) is 2.26. The molecule has 1 aliphatic rings. The van der Waals surface area contributed by atoms with Gasteiger partial charge in [0.05, 0.1) is 0 Å². The number of hydrogen-bond donors (Lipinski definition) is 2. The molecule has 5 nitrogen and oxygen atoms in total. The van der Waals surface area contributed by atoms with Crippen molar-refractivity contribution in [3.05, 3.63) is 0 Å². The molecule has 1 saturated heterocycles. The number of alkyl halides is 3. The van der Waals surface area contributed by atoms with Crippen molar-refractivity contribution in [3.8, 4) is 0 Å². The molecule has 2 atom stereocenters. The SMILES string of the molecule is CC(N)C1CCCCN1S(=O)(=O)NCC(F)(F)F. The molecule has 1 heterocycles. The fourth-order valence-electron chi connectivity index (χ4n) is 2.01. The summed E-state index contributed by atoms with van der Waals surface area (Å²) in [6, 6.07) is -0.850. The summed E-state index contributed by atoms with van der Waals surface area (Å²) in [5.41, 5.74) is 5.68. The Kier molecular flexibility index (Phi) is 4.98. The van der Waals surface area contributed by atoms with Crippen molar-refractivity contribution in [2.75, 3.05) is 13.1 Å². The van der Waals surface area contributed by atoms with E-state index < -0.39 is 35.0 Å². The van der Waals surface area contributed by atoms with Crippen molar-refractivity contribution in [2.24, 2.45) is 5.73 Å². The lowest BCUT2D eigenvalue weighted by molar-refractivity contribution is -0.121. The number of nitrogens with one attached hydrogen (secondary N) is 1. The van der Waals surface area contributed by atoms with Crippen molar-refractivity contribution >= 4 is 10.2 Å². The van der Waals surface area contributed by atoms with E-state index in [2.05, 4.69) is 0 Å². The van der Waals surface area contributed by atoms with Gasteiger partial charge in [-0.15, -0.1) is 0 Å². The van der Waals surface area contributed by atoms with Crippen LogP contribution in [0.5, 0.6) is 0 Å².